The molecule has 0 amide bonds. The second kappa shape index (κ2) is 5.43. The molecule has 8 nitrogen and oxygen atoms in total. The number of aromatic nitrogens is 2. The third-order valence-electron chi connectivity index (χ3n) is 2.31. The third-order valence-corrected chi connectivity index (χ3v) is 2.77. The second-order valence-electron chi connectivity index (χ2n) is 3.70. The summed E-state index contributed by atoms with van der Waals surface area (Å²) in [6.07, 6.45) is 0. The van der Waals surface area contributed by atoms with Crippen LogP contribution in [0.2, 0.25) is 0 Å². The van der Waals surface area contributed by atoms with E-state index in [0.717, 1.165) is 0 Å². The zero-order valence-corrected chi connectivity index (χ0v) is 11.1. The Hall–Kier alpha value is -1.84. The van der Waals surface area contributed by atoms with E-state index in [1.54, 1.807) is 6.07 Å². The van der Waals surface area contributed by atoms with E-state index in [9.17, 15) is 10.1 Å². The summed E-state index contributed by atoms with van der Waals surface area (Å²) in [7, 11) is 0. The highest BCUT2D eigenvalue weighted by molar-refractivity contribution is 9.10. The topological polar surface area (TPSA) is 128 Å². The lowest BCUT2D eigenvalue weighted by Gasteiger charge is -1.99. The Labute approximate surface area is 115 Å². The van der Waals surface area contributed by atoms with Gasteiger partial charge < -0.3 is 15.4 Å². The lowest BCUT2D eigenvalue weighted by Crippen LogP contribution is -2.15. The highest BCUT2D eigenvalue weighted by Gasteiger charge is 2.17. The predicted octanol–water partition coefficient (Wildman–Crippen LogP) is 1.40. The predicted molar refractivity (Wildman–Crippen MR) is 68.1 cm³/mol. The van der Waals surface area contributed by atoms with E-state index in [4.69, 9.17) is 15.4 Å². The minimum atomic E-state index is -0.750. The van der Waals surface area contributed by atoms with Crippen molar-refractivity contribution in [3.05, 3.63) is 38.6 Å². The summed E-state index contributed by atoms with van der Waals surface area (Å²) < 4.78 is 5.48. The average molecular weight is 329 g/mol. The van der Waals surface area contributed by atoms with Crippen LogP contribution < -0.4 is 5.73 Å². The van der Waals surface area contributed by atoms with Gasteiger partial charge in [-0.25, -0.2) is 0 Å². The Morgan fingerprint density at radius 1 is 1.53 bits per heavy atom. The Morgan fingerprint density at radius 2 is 2.26 bits per heavy atom. The van der Waals surface area contributed by atoms with Gasteiger partial charge in [0, 0.05) is 22.2 Å². The van der Waals surface area contributed by atoms with Crippen molar-refractivity contribution >= 4 is 21.6 Å². The minimum absolute atomic E-state index is 0.100. The highest BCUT2D eigenvalue weighted by Crippen LogP contribution is 2.28. The van der Waals surface area contributed by atoms with Crippen LogP contribution in [-0.4, -0.2) is 26.8 Å². The smallest absolute Gasteiger partial charge is 0.271 e. The number of benzene rings is 1. The van der Waals surface area contributed by atoms with E-state index in [1.807, 2.05) is 0 Å². The Morgan fingerprint density at radius 3 is 2.89 bits per heavy atom. The molecule has 100 valence electrons. The van der Waals surface area contributed by atoms with Crippen molar-refractivity contribution in [1.29, 1.82) is 0 Å². The number of nitro groups is 1. The molecule has 1 unspecified atom stereocenters. The first-order chi connectivity index (χ1) is 9.01. The fourth-order valence-electron chi connectivity index (χ4n) is 1.39. The van der Waals surface area contributed by atoms with Gasteiger partial charge in [0.25, 0.3) is 11.6 Å². The molecular formula is C10H9BrN4O4. The summed E-state index contributed by atoms with van der Waals surface area (Å²) in [6, 6.07) is 3.53. The van der Waals surface area contributed by atoms with Crippen LogP contribution in [0.3, 0.4) is 0 Å². The minimum Gasteiger partial charge on any atom is -0.394 e. The van der Waals surface area contributed by atoms with Gasteiger partial charge in [-0.05, 0) is 6.07 Å². The van der Waals surface area contributed by atoms with Crippen molar-refractivity contribution in [2.45, 2.75) is 6.04 Å². The molecule has 1 heterocycles. The number of nitrogens with zero attached hydrogens (tertiary/aromatic N) is 3. The number of hydrogen-bond acceptors (Lipinski definition) is 7. The number of nitrogens with two attached hydrogens (primary N) is 1. The molecular weight excluding hydrogens is 320 g/mol. The molecule has 1 aromatic heterocycles. The lowest BCUT2D eigenvalue weighted by molar-refractivity contribution is -0.384. The van der Waals surface area contributed by atoms with Crippen LogP contribution in [0, 0.1) is 10.1 Å². The van der Waals surface area contributed by atoms with E-state index < -0.39 is 11.0 Å². The standard InChI is InChI=1S/C10H9BrN4O4/c11-6-1-5(2-7(3-6)15(17)18)10-13-9(14-19-10)8(12)4-16/h1-3,8,16H,4,12H2. The van der Waals surface area contributed by atoms with Gasteiger partial charge in [0.1, 0.15) is 0 Å². The first-order valence-corrected chi connectivity index (χ1v) is 5.96. The zero-order chi connectivity index (χ0) is 14.0. The molecule has 0 saturated carbocycles. The number of halogens is 1. The van der Waals surface area contributed by atoms with E-state index in [0.29, 0.717) is 10.0 Å². The number of hydrogen-bond donors (Lipinski definition) is 2. The molecule has 0 radical (unpaired) electrons. The Balaban J connectivity index is 2.41. The number of aliphatic hydroxyl groups excluding tert-OH is 1. The number of nitro benzene ring substituents is 1. The van der Waals surface area contributed by atoms with Gasteiger partial charge in [0.05, 0.1) is 17.6 Å². The van der Waals surface area contributed by atoms with Gasteiger partial charge >= 0.3 is 0 Å². The molecule has 2 rings (SSSR count). The molecule has 9 heteroatoms. The van der Waals surface area contributed by atoms with Crippen LogP contribution in [-0.2, 0) is 0 Å². The van der Waals surface area contributed by atoms with Crippen molar-refractivity contribution in [1.82, 2.24) is 10.1 Å². The van der Waals surface area contributed by atoms with Gasteiger partial charge in [-0.3, -0.25) is 10.1 Å². The van der Waals surface area contributed by atoms with E-state index in [1.165, 1.54) is 12.1 Å². The summed E-state index contributed by atoms with van der Waals surface area (Å²) in [5, 5.41) is 23.3. The maximum atomic E-state index is 10.8. The first kappa shape index (κ1) is 13.6. The van der Waals surface area contributed by atoms with Gasteiger partial charge in [-0.2, -0.15) is 4.98 Å². The molecule has 0 aliphatic rings. The number of rotatable bonds is 4. The van der Waals surface area contributed by atoms with E-state index in [2.05, 4.69) is 26.1 Å². The third kappa shape index (κ3) is 2.95. The fourth-order valence-corrected chi connectivity index (χ4v) is 1.87. The monoisotopic (exact) mass is 328 g/mol. The Kier molecular flexibility index (Phi) is 3.88. The van der Waals surface area contributed by atoms with Gasteiger partial charge in [0.2, 0.25) is 0 Å². The van der Waals surface area contributed by atoms with Crippen molar-refractivity contribution in [2.24, 2.45) is 5.73 Å². The summed E-state index contributed by atoms with van der Waals surface area (Å²) in [5.41, 5.74) is 5.83. The van der Waals surface area contributed by atoms with Crippen molar-refractivity contribution < 1.29 is 14.6 Å². The molecule has 3 N–H and O–H groups in total. The molecule has 0 aliphatic heterocycles. The second-order valence-corrected chi connectivity index (χ2v) is 4.62. The summed E-state index contributed by atoms with van der Waals surface area (Å²) in [5.74, 6) is 0.239. The van der Waals surface area contributed by atoms with Crippen LogP contribution in [0.5, 0.6) is 0 Å². The molecule has 0 saturated heterocycles. The first-order valence-electron chi connectivity index (χ1n) is 5.16. The van der Waals surface area contributed by atoms with Gasteiger partial charge in [0.15, 0.2) is 5.82 Å². The quantitative estimate of drug-likeness (QED) is 0.641. The molecule has 1 atom stereocenters. The van der Waals surface area contributed by atoms with Crippen molar-refractivity contribution in [3.8, 4) is 11.5 Å². The van der Waals surface area contributed by atoms with Gasteiger partial charge in [-0.1, -0.05) is 21.1 Å². The molecule has 0 aliphatic carbocycles. The Bertz CT molecular complexity index is 615. The molecule has 0 spiro atoms. The maximum absolute atomic E-state index is 10.8. The summed E-state index contributed by atoms with van der Waals surface area (Å²) >= 11 is 3.17. The van der Waals surface area contributed by atoms with E-state index in [-0.39, 0.29) is 24.0 Å². The molecule has 1 aromatic carbocycles. The molecule has 2 aromatic rings. The largest absolute Gasteiger partial charge is 0.394 e. The normalized spacial score (nSPS) is 12.4. The van der Waals surface area contributed by atoms with Crippen molar-refractivity contribution in [3.63, 3.8) is 0 Å². The van der Waals surface area contributed by atoms with Crippen LogP contribution in [0.4, 0.5) is 5.69 Å². The van der Waals surface area contributed by atoms with E-state index >= 15 is 0 Å². The highest BCUT2D eigenvalue weighted by atomic mass is 79.9. The van der Waals surface area contributed by atoms with Crippen molar-refractivity contribution in [2.75, 3.05) is 6.61 Å². The molecule has 0 fully saturated rings. The summed E-state index contributed by atoms with van der Waals surface area (Å²) in [6.45, 7) is -0.322. The lowest BCUT2D eigenvalue weighted by atomic mass is 10.2. The van der Waals surface area contributed by atoms with Crippen LogP contribution in [0.1, 0.15) is 11.9 Å². The zero-order valence-electron chi connectivity index (χ0n) is 9.49. The SMILES string of the molecule is NC(CO)c1noc(-c2cc(Br)cc([N+](=O)[O-])c2)n1. The summed E-state index contributed by atoms with van der Waals surface area (Å²) in [4.78, 5) is 14.2. The maximum Gasteiger partial charge on any atom is 0.271 e. The van der Waals surface area contributed by atoms with Crippen LogP contribution in [0.25, 0.3) is 11.5 Å². The fraction of sp³-hybridized carbons (Fsp3) is 0.200. The molecule has 0 bridgehead atoms. The van der Waals surface area contributed by atoms with Crippen LogP contribution in [0.15, 0.2) is 27.2 Å². The average Bonchev–Trinajstić information content (AvgIpc) is 2.86. The number of non-ortho nitro benzene ring substituents is 1. The van der Waals surface area contributed by atoms with Crippen LogP contribution >= 0.6 is 15.9 Å². The van der Waals surface area contributed by atoms with Gasteiger partial charge in [-0.15, -0.1) is 0 Å². The molecule has 19 heavy (non-hydrogen) atoms. The number of aliphatic hydroxyl groups is 1.